The van der Waals surface area contributed by atoms with E-state index in [2.05, 4.69) is 15.6 Å². The number of benzene rings is 2. The molecule has 0 saturated heterocycles. The van der Waals surface area contributed by atoms with Crippen molar-refractivity contribution in [2.24, 2.45) is 0 Å². The number of halogens is 1. The summed E-state index contributed by atoms with van der Waals surface area (Å²) < 4.78 is 12.2. The van der Waals surface area contributed by atoms with E-state index in [-0.39, 0.29) is 17.6 Å². The topological polar surface area (TPSA) is 78.3 Å². The molecule has 0 spiro atoms. The quantitative estimate of drug-likeness (QED) is 0.682. The average molecular weight is 401 g/mol. The molecule has 1 amide bonds. The second-order valence-electron chi connectivity index (χ2n) is 6.22. The van der Waals surface area contributed by atoms with E-state index in [9.17, 15) is 4.79 Å². The Labute approximate surface area is 168 Å². The monoisotopic (exact) mass is 400 g/mol. The fourth-order valence-corrected chi connectivity index (χ4v) is 3.05. The SMILES string of the molecule is COc1ccc(C(C)NC(=O)c2nnn(-c3cccc(Cl)c3)c2C)cc1OC. The van der Waals surface area contributed by atoms with Crippen LogP contribution in [-0.2, 0) is 0 Å². The number of methoxy groups -OCH3 is 2. The highest BCUT2D eigenvalue weighted by Gasteiger charge is 2.20. The van der Waals surface area contributed by atoms with Gasteiger partial charge in [0.25, 0.3) is 5.91 Å². The summed E-state index contributed by atoms with van der Waals surface area (Å²) >= 11 is 6.04. The molecule has 0 radical (unpaired) electrons. The van der Waals surface area contributed by atoms with Crippen LogP contribution in [-0.4, -0.2) is 35.1 Å². The Kier molecular flexibility index (Phi) is 5.84. The number of aromatic nitrogens is 3. The zero-order valence-electron chi connectivity index (χ0n) is 16.1. The average Bonchev–Trinajstić information content (AvgIpc) is 3.08. The Morgan fingerprint density at radius 3 is 2.57 bits per heavy atom. The van der Waals surface area contributed by atoms with E-state index in [4.69, 9.17) is 21.1 Å². The lowest BCUT2D eigenvalue weighted by Gasteiger charge is -2.16. The second kappa shape index (κ2) is 8.31. The maximum atomic E-state index is 12.7. The Balaban J connectivity index is 1.80. The first-order chi connectivity index (χ1) is 13.4. The van der Waals surface area contributed by atoms with Crippen LogP contribution in [0.3, 0.4) is 0 Å². The molecule has 146 valence electrons. The van der Waals surface area contributed by atoms with Gasteiger partial charge in [-0.2, -0.15) is 0 Å². The van der Waals surface area contributed by atoms with Crippen molar-refractivity contribution in [3.63, 3.8) is 0 Å². The molecule has 3 rings (SSSR count). The third-order valence-electron chi connectivity index (χ3n) is 4.42. The molecule has 1 unspecified atom stereocenters. The van der Waals surface area contributed by atoms with E-state index in [1.54, 1.807) is 44.0 Å². The third-order valence-corrected chi connectivity index (χ3v) is 4.65. The van der Waals surface area contributed by atoms with Crippen LogP contribution in [0.25, 0.3) is 5.69 Å². The molecule has 0 saturated carbocycles. The molecule has 1 N–H and O–H groups in total. The van der Waals surface area contributed by atoms with E-state index in [0.717, 1.165) is 11.3 Å². The van der Waals surface area contributed by atoms with Gasteiger partial charge < -0.3 is 14.8 Å². The van der Waals surface area contributed by atoms with Crippen LogP contribution in [0.15, 0.2) is 42.5 Å². The van der Waals surface area contributed by atoms with Gasteiger partial charge in [0.05, 0.1) is 31.6 Å². The summed E-state index contributed by atoms with van der Waals surface area (Å²) in [4.78, 5) is 12.7. The smallest absolute Gasteiger partial charge is 0.274 e. The van der Waals surface area contributed by atoms with Crippen LogP contribution in [0.2, 0.25) is 5.02 Å². The summed E-state index contributed by atoms with van der Waals surface area (Å²) in [5.41, 5.74) is 2.50. The minimum absolute atomic E-state index is 0.257. The summed E-state index contributed by atoms with van der Waals surface area (Å²) in [5.74, 6) is 0.919. The number of hydrogen-bond donors (Lipinski definition) is 1. The molecule has 7 nitrogen and oxygen atoms in total. The van der Waals surface area contributed by atoms with E-state index >= 15 is 0 Å². The maximum Gasteiger partial charge on any atom is 0.274 e. The number of hydrogen-bond acceptors (Lipinski definition) is 5. The van der Waals surface area contributed by atoms with Crippen molar-refractivity contribution in [2.45, 2.75) is 19.9 Å². The molecule has 0 bridgehead atoms. The molecule has 0 aliphatic rings. The fraction of sp³-hybridized carbons (Fsp3) is 0.250. The maximum absolute atomic E-state index is 12.7. The summed E-state index contributed by atoms with van der Waals surface area (Å²) in [6.07, 6.45) is 0. The lowest BCUT2D eigenvalue weighted by molar-refractivity contribution is 0.0934. The number of amides is 1. The number of carbonyl (C=O) groups excluding carboxylic acids is 1. The molecule has 1 atom stereocenters. The molecule has 1 heterocycles. The minimum atomic E-state index is -0.312. The molecule has 0 aliphatic heterocycles. The zero-order chi connectivity index (χ0) is 20.3. The van der Waals surface area contributed by atoms with Crippen LogP contribution in [0.5, 0.6) is 11.5 Å². The highest BCUT2D eigenvalue weighted by atomic mass is 35.5. The van der Waals surface area contributed by atoms with Crippen molar-refractivity contribution >= 4 is 17.5 Å². The first kappa shape index (κ1) is 19.7. The number of nitrogens with one attached hydrogen (secondary N) is 1. The summed E-state index contributed by atoms with van der Waals surface area (Å²) in [6.45, 7) is 3.67. The molecule has 2 aromatic carbocycles. The second-order valence-corrected chi connectivity index (χ2v) is 6.66. The molecule has 8 heteroatoms. The van der Waals surface area contributed by atoms with Gasteiger partial charge in [-0.3, -0.25) is 4.79 Å². The fourth-order valence-electron chi connectivity index (χ4n) is 2.86. The van der Waals surface area contributed by atoms with Crippen LogP contribution in [0.1, 0.15) is 34.7 Å². The van der Waals surface area contributed by atoms with E-state index in [1.165, 1.54) is 0 Å². The van der Waals surface area contributed by atoms with Gasteiger partial charge in [-0.25, -0.2) is 4.68 Å². The molecule has 3 aromatic rings. The van der Waals surface area contributed by atoms with E-state index in [1.807, 2.05) is 31.2 Å². The molecule has 28 heavy (non-hydrogen) atoms. The molecular weight excluding hydrogens is 380 g/mol. The number of ether oxygens (including phenoxy) is 2. The van der Waals surface area contributed by atoms with Crippen molar-refractivity contribution in [1.82, 2.24) is 20.3 Å². The van der Waals surface area contributed by atoms with Gasteiger partial charge in [0.2, 0.25) is 0 Å². The van der Waals surface area contributed by atoms with Crippen molar-refractivity contribution < 1.29 is 14.3 Å². The Bertz CT molecular complexity index is 1000. The minimum Gasteiger partial charge on any atom is -0.493 e. The van der Waals surface area contributed by atoms with Crippen LogP contribution >= 0.6 is 11.6 Å². The lowest BCUT2D eigenvalue weighted by atomic mass is 10.1. The predicted octanol–water partition coefficient (Wildman–Crippen LogP) is 3.74. The van der Waals surface area contributed by atoms with Gasteiger partial charge in [-0.05, 0) is 49.7 Å². The first-order valence-electron chi connectivity index (χ1n) is 8.65. The number of rotatable bonds is 6. The highest BCUT2D eigenvalue weighted by molar-refractivity contribution is 6.30. The van der Waals surface area contributed by atoms with Gasteiger partial charge in [0.15, 0.2) is 17.2 Å². The molecule has 1 aromatic heterocycles. The van der Waals surface area contributed by atoms with Gasteiger partial charge >= 0.3 is 0 Å². The third kappa shape index (κ3) is 3.94. The van der Waals surface area contributed by atoms with Crippen molar-refractivity contribution in [1.29, 1.82) is 0 Å². The van der Waals surface area contributed by atoms with Crippen molar-refractivity contribution in [3.05, 3.63) is 64.4 Å². The summed E-state index contributed by atoms with van der Waals surface area (Å²) in [5, 5.41) is 11.7. The normalized spacial score (nSPS) is 11.8. The van der Waals surface area contributed by atoms with Crippen molar-refractivity contribution in [3.8, 4) is 17.2 Å². The first-order valence-corrected chi connectivity index (χ1v) is 9.03. The number of nitrogens with zero attached hydrogens (tertiary/aromatic N) is 3. The molecular formula is C20H21ClN4O3. The van der Waals surface area contributed by atoms with Gasteiger partial charge in [-0.1, -0.05) is 28.9 Å². The largest absolute Gasteiger partial charge is 0.493 e. The Morgan fingerprint density at radius 1 is 1.14 bits per heavy atom. The summed E-state index contributed by atoms with van der Waals surface area (Å²) in [6, 6.07) is 12.5. The predicted molar refractivity (Wildman–Crippen MR) is 107 cm³/mol. The zero-order valence-corrected chi connectivity index (χ0v) is 16.8. The Hall–Kier alpha value is -3.06. The van der Waals surface area contributed by atoms with Gasteiger partial charge in [-0.15, -0.1) is 5.10 Å². The van der Waals surface area contributed by atoms with Gasteiger partial charge in [0, 0.05) is 5.02 Å². The highest BCUT2D eigenvalue weighted by Crippen LogP contribution is 2.30. The standard InChI is InChI=1S/C20H21ClN4O3/c1-12(14-8-9-17(27-3)18(10-14)28-4)22-20(26)19-13(2)25(24-23-19)16-7-5-6-15(21)11-16/h5-12H,1-4H3,(H,22,26). The van der Waals surface area contributed by atoms with E-state index < -0.39 is 0 Å². The van der Waals surface area contributed by atoms with Crippen LogP contribution in [0, 0.1) is 6.92 Å². The van der Waals surface area contributed by atoms with E-state index in [0.29, 0.717) is 22.2 Å². The van der Waals surface area contributed by atoms with Crippen molar-refractivity contribution in [2.75, 3.05) is 14.2 Å². The number of carbonyl (C=O) groups is 1. The van der Waals surface area contributed by atoms with Crippen LogP contribution in [0.4, 0.5) is 0 Å². The molecule has 0 fully saturated rings. The van der Waals surface area contributed by atoms with Crippen LogP contribution < -0.4 is 14.8 Å². The lowest BCUT2D eigenvalue weighted by Crippen LogP contribution is -2.27. The summed E-state index contributed by atoms with van der Waals surface area (Å²) in [7, 11) is 3.15. The Morgan fingerprint density at radius 2 is 1.89 bits per heavy atom. The molecule has 0 aliphatic carbocycles. The van der Waals surface area contributed by atoms with Gasteiger partial charge in [0.1, 0.15) is 0 Å².